The Morgan fingerprint density at radius 2 is 1.81 bits per heavy atom. The number of rotatable bonds is 3. The van der Waals surface area contributed by atoms with Crippen LogP contribution in [0.3, 0.4) is 0 Å². The average molecular weight is 369 g/mol. The van der Waals surface area contributed by atoms with Crippen molar-refractivity contribution in [3.63, 3.8) is 0 Å². The van der Waals surface area contributed by atoms with Crippen LogP contribution < -0.4 is 0 Å². The van der Waals surface area contributed by atoms with Gasteiger partial charge < -0.3 is 4.74 Å². The summed E-state index contributed by atoms with van der Waals surface area (Å²) in [6, 6.07) is 4.49. The molecule has 27 heavy (non-hydrogen) atoms. The van der Waals surface area contributed by atoms with Gasteiger partial charge in [0, 0.05) is 17.5 Å². The number of carbonyl (C=O) groups excluding carboxylic acids is 1. The van der Waals surface area contributed by atoms with Crippen LogP contribution in [0.2, 0.25) is 0 Å². The topological polar surface area (TPSA) is 95.2 Å². The lowest BCUT2D eigenvalue weighted by atomic mass is 9.64. The lowest BCUT2D eigenvalue weighted by molar-refractivity contribution is -0.384. The summed E-state index contributed by atoms with van der Waals surface area (Å²) < 4.78 is 5.65. The minimum Gasteiger partial charge on any atom is -0.462 e. The Bertz CT molecular complexity index is 1000. The van der Waals surface area contributed by atoms with Gasteiger partial charge in [0.05, 0.1) is 33.4 Å². The SMILES string of the molecule is CC(C)OC(=O)C12CCC(C)(c3nc4ccc([N+](=O)[O-])cc4nc31)C2(C)C. The number of fused-ring (bicyclic) bond motifs is 6. The number of aromatic nitrogens is 2. The Kier molecular flexibility index (Phi) is 3.46. The summed E-state index contributed by atoms with van der Waals surface area (Å²) in [5, 5.41) is 11.1. The van der Waals surface area contributed by atoms with Crippen molar-refractivity contribution in [2.75, 3.05) is 0 Å². The van der Waals surface area contributed by atoms with Crippen molar-refractivity contribution in [3.05, 3.63) is 39.7 Å². The van der Waals surface area contributed by atoms with E-state index in [1.165, 1.54) is 12.1 Å². The van der Waals surface area contributed by atoms with Crippen molar-refractivity contribution in [1.29, 1.82) is 0 Å². The second-order valence-electron chi connectivity index (χ2n) is 8.67. The van der Waals surface area contributed by atoms with E-state index in [1.807, 2.05) is 13.8 Å². The van der Waals surface area contributed by atoms with Crippen molar-refractivity contribution in [2.24, 2.45) is 5.41 Å². The molecule has 0 radical (unpaired) electrons. The van der Waals surface area contributed by atoms with Gasteiger partial charge in [0.1, 0.15) is 5.41 Å². The van der Waals surface area contributed by atoms with Crippen LogP contribution in [0.25, 0.3) is 11.0 Å². The first-order valence-electron chi connectivity index (χ1n) is 9.23. The van der Waals surface area contributed by atoms with E-state index < -0.39 is 15.8 Å². The lowest BCUT2D eigenvalue weighted by Crippen LogP contribution is -2.47. The molecule has 2 aromatic rings. The summed E-state index contributed by atoms with van der Waals surface area (Å²) in [4.78, 5) is 33.5. The molecule has 2 aliphatic rings. The number of esters is 1. The molecule has 1 fully saturated rings. The molecule has 4 rings (SSSR count). The number of hydrogen-bond acceptors (Lipinski definition) is 6. The molecule has 2 bridgehead atoms. The van der Waals surface area contributed by atoms with Crippen LogP contribution in [0.4, 0.5) is 5.69 Å². The molecule has 0 N–H and O–H groups in total. The third kappa shape index (κ3) is 2.00. The van der Waals surface area contributed by atoms with Gasteiger partial charge in [0.15, 0.2) is 0 Å². The van der Waals surface area contributed by atoms with Crippen LogP contribution >= 0.6 is 0 Å². The fraction of sp³-hybridized carbons (Fsp3) is 0.550. The van der Waals surface area contributed by atoms with Gasteiger partial charge >= 0.3 is 5.97 Å². The molecule has 0 amide bonds. The molecule has 2 atom stereocenters. The summed E-state index contributed by atoms with van der Waals surface area (Å²) in [6.07, 6.45) is 1.24. The maximum absolute atomic E-state index is 13.3. The van der Waals surface area contributed by atoms with E-state index in [0.29, 0.717) is 23.1 Å². The molecule has 0 saturated heterocycles. The van der Waals surface area contributed by atoms with Crippen molar-refractivity contribution in [3.8, 4) is 0 Å². The standard InChI is InChI=1S/C20H23N3O4/c1-11(2)27-17(24)20-9-8-19(5,18(20,3)4)15-16(20)22-14-10-12(23(25)26)6-7-13(14)21-15/h6-7,10-11H,8-9H2,1-5H3. The van der Waals surface area contributed by atoms with E-state index in [-0.39, 0.29) is 23.2 Å². The van der Waals surface area contributed by atoms with Crippen LogP contribution in [-0.2, 0) is 20.4 Å². The van der Waals surface area contributed by atoms with E-state index in [0.717, 1.165) is 12.1 Å². The number of hydrogen-bond donors (Lipinski definition) is 0. The quantitative estimate of drug-likeness (QED) is 0.464. The molecule has 1 aromatic carbocycles. The van der Waals surface area contributed by atoms with Gasteiger partial charge in [-0.1, -0.05) is 20.8 Å². The number of benzene rings is 1. The second kappa shape index (κ2) is 5.24. The lowest BCUT2D eigenvalue weighted by Gasteiger charge is -2.39. The average Bonchev–Trinajstić information content (AvgIpc) is 2.88. The number of nitrogens with zero attached hydrogens (tertiary/aromatic N) is 3. The summed E-state index contributed by atoms with van der Waals surface area (Å²) in [5.74, 6) is -0.274. The molecule has 0 aliphatic heterocycles. The molecule has 0 spiro atoms. The first-order chi connectivity index (χ1) is 12.5. The molecule has 7 nitrogen and oxygen atoms in total. The number of ether oxygens (including phenoxy) is 1. The molecule has 1 aromatic heterocycles. The molecular formula is C20H23N3O4. The summed E-state index contributed by atoms with van der Waals surface area (Å²) in [6.45, 7) is 9.97. The van der Waals surface area contributed by atoms with Crippen LogP contribution in [0.15, 0.2) is 18.2 Å². The maximum Gasteiger partial charge on any atom is 0.319 e. The number of non-ortho nitro benzene ring substituents is 1. The van der Waals surface area contributed by atoms with E-state index in [2.05, 4.69) is 20.8 Å². The van der Waals surface area contributed by atoms with E-state index in [4.69, 9.17) is 14.7 Å². The zero-order valence-electron chi connectivity index (χ0n) is 16.2. The van der Waals surface area contributed by atoms with Crippen molar-refractivity contribution in [1.82, 2.24) is 9.97 Å². The first-order valence-corrected chi connectivity index (χ1v) is 9.23. The minimum absolute atomic E-state index is 0.0378. The Labute approximate surface area is 157 Å². The molecule has 2 aliphatic carbocycles. The zero-order chi connectivity index (χ0) is 19.8. The molecule has 1 saturated carbocycles. The van der Waals surface area contributed by atoms with Gasteiger partial charge in [0.2, 0.25) is 0 Å². The Morgan fingerprint density at radius 3 is 2.44 bits per heavy atom. The van der Waals surface area contributed by atoms with Crippen LogP contribution in [-0.4, -0.2) is 27.0 Å². The maximum atomic E-state index is 13.3. The fourth-order valence-corrected chi connectivity index (χ4v) is 4.97. The number of carbonyl (C=O) groups is 1. The van der Waals surface area contributed by atoms with E-state index in [9.17, 15) is 14.9 Å². The summed E-state index contributed by atoms with van der Waals surface area (Å²) in [7, 11) is 0. The summed E-state index contributed by atoms with van der Waals surface area (Å²) >= 11 is 0. The third-order valence-corrected chi connectivity index (χ3v) is 6.92. The Hall–Kier alpha value is -2.57. The van der Waals surface area contributed by atoms with Gasteiger partial charge in [0.25, 0.3) is 5.69 Å². The Balaban J connectivity index is 2.00. The highest BCUT2D eigenvalue weighted by Gasteiger charge is 2.74. The van der Waals surface area contributed by atoms with Crippen molar-refractivity contribution >= 4 is 22.7 Å². The zero-order valence-corrected chi connectivity index (χ0v) is 16.2. The third-order valence-electron chi connectivity index (χ3n) is 6.92. The highest BCUT2D eigenvalue weighted by Crippen LogP contribution is 2.70. The van der Waals surface area contributed by atoms with Gasteiger partial charge in [-0.05, 0) is 38.2 Å². The van der Waals surface area contributed by atoms with E-state index >= 15 is 0 Å². The van der Waals surface area contributed by atoms with Crippen LogP contribution in [0.5, 0.6) is 0 Å². The van der Waals surface area contributed by atoms with Gasteiger partial charge in [-0.15, -0.1) is 0 Å². The van der Waals surface area contributed by atoms with E-state index in [1.54, 1.807) is 6.07 Å². The van der Waals surface area contributed by atoms with Gasteiger partial charge in [-0.2, -0.15) is 0 Å². The first kappa shape index (κ1) is 17.8. The molecular weight excluding hydrogens is 346 g/mol. The predicted octanol–water partition coefficient (Wildman–Crippen LogP) is 3.82. The molecule has 142 valence electrons. The minimum atomic E-state index is -0.882. The molecule has 7 heteroatoms. The monoisotopic (exact) mass is 369 g/mol. The normalized spacial score (nSPS) is 27.8. The van der Waals surface area contributed by atoms with Gasteiger partial charge in [-0.3, -0.25) is 14.9 Å². The number of nitro benzene ring substituents is 1. The van der Waals surface area contributed by atoms with Crippen LogP contribution in [0, 0.1) is 15.5 Å². The smallest absolute Gasteiger partial charge is 0.319 e. The molecule has 1 heterocycles. The molecule has 2 unspecified atom stereocenters. The highest BCUT2D eigenvalue weighted by molar-refractivity contribution is 5.89. The van der Waals surface area contributed by atoms with Gasteiger partial charge in [-0.25, -0.2) is 9.97 Å². The van der Waals surface area contributed by atoms with Crippen molar-refractivity contribution in [2.45, 2.75) is 64.4 Å². The second-order valence-corrected chi connectivity index (χ2v) is 8.67. The number of nitro groups is 1. The van der Waals surface area contributed by atoms with Crippen molar-refractivity contribution < 1.29 is 14.5 Å². The highest BCUT2D eigenvalue weighted by atomic mass is 16.6. The summed E-state index contributed by atoms with van der Waals surface area (Å²) in [5.41, 5.74) is 0.847. The Morgan fingerprint density at radius 1 is 1.15 bits per heavy atom. The predicted molar refractivity (Wildman–Crippen MR) is 99.5 cm³/mol. The largest absolute Gasteiger partial charge is 0.462 e. The van der Waals surface area contributed by atoms with Crippen LogP contribution in [0.1, 0.15) is 58.8 Å². The fourth-order valence-electron chi connectivity index (χ4n) is 4.97.